The van der Waals surface area contributed by atoms with Crippen molar-refractivity contribution in [1.29, 1.82) is 0 Å². The van der Waals surface area contributed by atoms with Gasteiger partial charge in [0.1, 0.15) is 0 Å². The molecule has 1 heterocycles. The average molecular weight is 242 g/mol. The van der Waals surface area contributed by atoms with E-state index in [0.717, 1.165) is 13.1 Å². The predicted molar refractivity (Wildman–Crippen MR) is 78.0 cm³/mol. The van der Waals surface area contributed by atoms with Gasteiger partial charge in [-0.1, -0.05) is 24.6 Å². The summed E-state index contributed by atoms with van der Waals surface area (Å²) >= 11 is 0. The van der Waals surface area contributed by atoms with Crippen LogP contribution in [0.25, 0.3) is 0 Å². The van der Waals surface area contributed by atoms with Crippen molar-refractivity contribution in [2.45, 2.75) is 40.3 Å². The van der Waals surface area contributed by atoms with E-state index in [1.807, 2.05) is 0 Å². The van der Waals surface area contributed by atoms with Crippen LogP contribution in [-0.2, 0) is 13.1 Å². The lowest BCUT2D eigenvalue weighted by Crippen LogP contribution is -2.00. The molecule has 2 nitrogen and oxygen atoms in total. The fourth-order valence-corrected chi connectivity index (χ4v) is 2.20. The Bertz CT molecular complexity index is 512. The summed E-state index contributed by atoms with van der Waals surface area (Å²) in [6.07, 6.45) is 5.56. The molecule has 0 spiro atoms. The number of hydrogen-bond donors (Lipinski definition) is 1. The quantitative estimate of drug-likeness (QED) is 0.834. The number of aromatic nitrogens is 1. The standard InChI is InChI=1S/C16H22N2/c1-4-8-18-9-7-15(12-18)11-17-16-6-5-13(2)10-14(16)3/h5-7,9-10,12,17H,4,8,11H2,1-3H3. The Morgan fingerprint density at radius 3 is 2.72 bits per heavy atom. The van der Waals surface area contributed by atoms with E-state index >= 15 is 0 Å². The van der Waals surface area contributed by atoms with E-state index in [2.05, 4.69) is 67.3 Å². The van der Waals surface area contributed by atoms with Gasteiger partial charge in [-0.3, -0.25) is 0 Å². The van der Waals surface area contributed by atoms with Crippen LogP contribution in [0, 0.1) is 13.8 Å². The van der Waals surface area contributed by atoms with E-state index in [0.29, 0.717) is 0 Å². The van der Waals surface area contributed by atoms with Gasteiger partial charge < -0.3 is 9.88 Å². The molecule has 0 saturated heterocycles. The largest absolute Gasteiger partial charge is 0.381 e. The van der Waals surface area contributed by atoms with Gasteiger partial charge >= 0.3 is 0 Å². The molecule has 0 fully saturated rings. The van der Waals surface area contributed by atoms with Gasteiger partial charge in [-0.2, -0.15) is 0 Å². The molecule has 0 bridgehead atoms. The van der Waals surface area contributed by atoms with E-state index in [-0.39, 0.29) is 0 Å². The first kappa shape index (κ1) is 12.7. The summed E-state index contributed by atoms with van der Waals surface area (Å²) in [5, 5.41) is 3.50. The number of rotatable bonds is 5. The first-order chi connectivity index (χ1) is 8.69. The summed E-state index contributed by atoms with van der Waals surface area (Å²) in [6.45, 7) is 8.47. The van der Waals surface area contributed by atoms with Crippen molar-refractivity contribution in [2.24, 2.45) is 0 Å². The number of nitrogens with zero attached hydrogens (tertiary/aromatic N) is 1. The highest BCUT2D eigenvalue weighted by molar-refractivity contribution is 5.52. The maximum Gasteiger partial charge on any atom is 0.0415 e. The second-order valence-corrected chi connectivity index (χ2v) is 4.93. The van der Waals surface area contributed by atoms with Gasteiger partial charge in [-0.25, -0.2) is 0 Å². The summed E-state index contributed by atoms with van der Waals surface area (Å²) < 4.78 is 2.25. The van der Waals surface area contributed by atoms with Crippen molar-refractivity contribution >= 4 is 5.69 Å². The minimum atomic E-state index is 0.889. The van der Waals surface area contributed by atoms with Crippen LogP contribution in [0.15, 0.2) is 36.7 Å². The second-order valence-electron chi connectivity index (χ2n) is 4.93. The van der Waals surface area contributed by atoms with Crippen molar-refractivity contribution in [3.63, 3.8) is 0 Å². The Kier molecular flexibility index (Phi) is 4.08. The fraction of sp³-hybridized carbons (Fsp3) is 0.375. The molecular weight excluding hydrogens is 220 g/mol. The molecule has 0 unspecified atom stereocenters. The molecule has 1 aromatic carbocycles. The Balaban J connectivity index is 1.97. The van der Waals surface area contributed by atoms with Gasteiger partial charge in [-0.05, 0) is 43.5 Å². The van der Waals surface area contributed by atoms with Gasteiger partial charge in [0.25, 0.3) is 0 Å². The van der Waals surface area contributed by atoms with Crippen LogP contribution in [0.5, 0.6) is 0 Å². The minimum absolute atomic E-state index is 0.889. The van der Waals surface area contributed by atoms with Crippen LogP contribution in [0.3, 0.4) is 0 Å². The average Bonchev–Trinajstić information content (AvgIpc) is 2.76. The molecule has 0 atom stereocenters. The smallest absolute Gasteiger partial charge is 0.0415 e. The zero-order valence-electron chi connectivity index (χ0n) is 11.5. The molecular formula is C16H22N2. The van der Waals surface area contributed by atoms with E-state index in [1.54, 1.807) is 0 Å². The van der Waals surface area contributed by atoms with Gasteiger partial charge in [0.15, 0.2) is 0 Å². The molecule has 0 aliphatic rings. The van der Waals surface area contributed by atoms with E-state index in [9.17, 15) is 0 Å². The lowest BCUT2D eigenvalue weighted by atomic mass is 10.1. The molecule has 18 heavy (non-hydrogen) atoms. The predicted octanol–water partition coefficient (Wildman–Crippen LogP) is 4.13. The molecule has 2 aromatic rings. The Morgan fingerprint density at radius 2 is 2.00 bits per heavy atom. The van der Waals surface area contributed by atoms with Crippen LogP contribution < -0.4 is 5.32 Å². The Morgan fingerprint density at radius 1 is 1.17 bits per heavy atom. The highest BCUT2D eigenvalue weighted by Crippen LogP contribution is 2.17. The van der Waals surface area contributed by atoms with E-state index in [4.69, 9.17) is 0 Å². The van der Waals surface area contributed by atoms with Gasteiger partial charge in [0.05, 0.1) is 0 Å². The van der Waals surface area contributed by atoms with Crippen LogP contribution in [0.1, 0.15) is 30.0 Å². The zero-order chi connectivity index (χ0) is 13.0. The number of nitrogens with one attached hydrogen (secondary N) is 1. The molecule has 1 aromatic heterocycles. The molecule has 0 amide bonds. The number of benzene rings is 1. The Hall–Kier alpha value is -1.70. The van der Waals surface area contributed by atoms with Gasteiger partial charge in [0.2, 0.25) is 0 Å². The van der Waals surface area contributed by atoms with Gasteiger partial charge in [0, 0.05) is 31.2 Å². The van der Waals surface area contributed by atoms with Crippen molar-refractivity contribution in [3.8, 4) is 0 Å². The lowest BCUT2D eigenvalue weighted by molar-refractivity contribution is 0.681. The van der Waals surface area contributed by atoms with Crippen molar-refractivity contribution in [2.75, 3.05) is 5.32 Å². The number of anilines is 1. The molecule has 0 saturated carbocycles. The molecule has 2 rings (SSSR count). The third-order valence-electron chi connectivity index (χ3n) is 3.16. The minimum Gasteiger partial charge on any atom is -0.381 e. The highest BCUT2D eigenvalue weighted by atomic mass is 14.9. The van der Waals surface area contributed by atoms with Crippen molar-refractivity contribution < 1.29 is 0 Å². The topological polar surface area (TPSA) is 17.0 Å². The Labute approximate surface area is 110 Å². The maximum absolute atomic E-state index is 3.50. The first-order valence-electron chi connectivity index (χ1n) is 6.65. The SMILES string of the molecule is CCCn1ccc(CNc2ccc(C)cc2C)c1. The van der Waals surface area contributed by atoms with Crippen LogP contribution >= 0.6 is 0 Å². The normalized spacial score (nSPS) is 10.6. The van der Waals surface area contributed by atoms with Crippen LogP contribution in [0.2, 0.25) is 0 Å². The third kappa shape index (κ3) is 3.16. The number of hydrogen-bond acceptors (Lipinski definition) is 1. The maximum atomic E-state index is 3.50. The van der Waals surface area contributed by atoms with Gasteiger partial charge in [-0.15, -0.1) is 0 Å². The van der Waals surface area contributed by atoms with Crippen LogP contribution in [-0.4, -0.2) is 4.57 Å². The lowest BCUT2D eigenvalue weighted by Gasteiger charge is -2.09. The van der Waals surface area contributed by atoms with Crippen LogP contribution in [0.4, 0.5) is 5.69 Å². The van der Waals surface area contributed by atoms with Crippen molar-refractivity contribution in [1.82, 2.24) is 4.57 Å². The summed E-state index contributed by atoms with van der Waals surface area (Å²) in [5.41, 5.74) is 5.18. The highest BCUT2D eigenvalue weighted by Gasteiger charge is 2.00. The summed E-state index contributed by atoms with van der Waals surface area (Å²) in [7, 11) is 0. The number of aryl methyl sites for hydroxylation is 3. The summed E-state index contributed by atoms with van der Waals surface area (Å²) in [5.74, 6) is 0. The molecule has 2 heteroatoms. The van der Waals surface area contributed by atoms with E-state index < -0.39 is 0 Å². The molecule has 0 aliphatic carbocycles. The fourth-order valence-electron chi connectivity index (χ4n) is 2.20. The second kappa shape index (κ2) is 5.76. The summed E-state index contributed by atoms with van der Waals surface area (Å²) in [4.78, 5) is 0. The van der Waals surface area contributed by atoms with E-state index in [1.165, 1.54) is 28.8 Å². The third-order valence-corrected chi connectivity index (χ3v) is 3.16. The molecule has 0 aliphatic heterocycles. The zero-order valence-corrected chi connectivity index (χ0v) is 11.5. The summed E-state index contributed by atoms with van der Waals surface area (Å²) in [6, 6.07) is 8.71. The van der Waals surface area contributed by atoms with Crippen molar-refractivity contribution in [3.05, 3.63) is 53.3 Å². The monoisotopic (exact) mass is 242 g/mol. The first-order valence-corrected chi connectivity index (χ1v) is 6.65. The molecule has 1 N–H and O–H groups in total. The molecule has 0 radical (unpaired) electrons. The molecule has 96 valence electrons.